The van der Waals surface area contributed by atoms with Crippen molar-refractivity contribution in [1.29, 1.82) is 0 Å². The molecular formula is C14H12N4O3S. The third kappa shape index (κ3) is 2.96. The minimum atomic E-state index is -3.73. The molecule has 2 N–H and O–H groups in total. The highest BCUT2D eigenvalue weighted by Crippen LogP contribution is 2.20. The van der Waals surface area contributed by atoms with E-state index in [4.69, 9.17) is 0 Å². The molecule has 1 amide bonds. The Hall–Kier alpha value is -2.74. The molecule has 112 valence electrons. The third-order valence-corrected chi connectivity index (χ3v) is 4.69. The molecule has 22 heavy (non-hydrogen) atoms. The average molecular weight is 316 g/mol. The summed E-state index contributed by atoms with van der Waals surface area (Å²) < 4.78 is 24.6. The van der Waals surface area contributed by atoms with Crippen molar-refractivity contribution in [1.82, 2.24) is 15.2 Å². The van der Waals surface area contributed by atoms with E-state index in [0.717, 1.165) is 10.8 Å². The Morgan fingerprint density at radius 2 is 1.91 bits per heavy atom. The van der Waals surface area contributed by atoms with Gasteiger partial charge in [0.1, 0.15) is 12.1 Å². The Morgan fingerprint density at radius 1 is 1.14 bits per heavy atom. The van der Waals surface area contributed by atoms with E-state index < -0.39 is 21.5 Å². The van der Waals surface area contributed by atoms with Gasteiger partial charge in [-0.1, -0.05) is 30.3 Å². The molecule has 0 radical (unpaired) electrons. The van der Waals surface area contributed by atoms with Crippen molar-refractivity contribution in [2.45, 2.75) is 4.90 Å². The van der Waals surface area contributed by atoms with Crippen LogP contribution in [0.2, 0.25) is 0 Å². The number of amides is 1. The second-order valence-electron chi connectivity index (χ2n) is 4.65. The predicted octanol–water partition coefficient (Wildman–Crippen LogP) is 1.37. The molecule has 0 fully saturated rings. The standard InChI is InChI=1S/C14H12N4O3S/c19-13(17-14-15-9-16-18-14)8-22(20,21)12-6-5-10-3-1-2-4-11(10)7-12/h1-7,9H,8H2,(H2,15,16,17,18,19). The summed E-state index contributed by atoms with van der Waals surface area (Å²) >= 11 is 0. The van der Waals surface area contributed by atoms with Gasteiger partial charge in [-0.15, -0.1) is 0 Å². The van der Waals surface area contributed by atoms with Gasteiger partial charge in [-0.05, 0) is 22.9 Å². The maximum Gasteiger partial charge on any atom is 0.242 e. The monoisotopic (exact) mass is 316 g/mol. The van der Waals surface area contributed by atoms with Gasteiger partial charge >= 0.3 is 0 Å². The van der Waals surface area contributed by atoms with Crippen LogP contribution in [0.1, 0.15) is 0 Å². The maximum absolute atomic E-state index is 12.3. The van der Waals surface area contributed by atoms with Crippen LogP contribution in [0, 0.1) is 0 Å². The van der Waals surface area contributed by atoms with E-state index in [2.05, 4.69) is 20.5 Å². The molecule has 0 bridgehead atoms. The summed E-state index contributed by atoms with van der Waals surface area (Å²) in [6.45, 7) is 0. The van der Waals surface area contributed by atoms with Gasteiger partial charge in [0.05, 0.1) is 4.90 Å². The molecule has 0 saturated heterocycles. The Balaban J connectivity index is 1.83. The highest BCUT2D eigenvalue weighted by Gasteiger charge is 2.20. The van der Waals surface area contributed by atoms with Crippen molar-refractivity contribution < 1.29 is 13.2 Å². The molecule has 0 spiro atoms. The highest BCUT2D eigenvalue weighted by atomic mass is 32.2. The largest absolute Gasteiger partial charge is 0.294 e. The first-order valence-electron chi connectivity index (χ1n) is 6.41. The molecular weight excluding hydrogens is 304 g/mol. The molecule has 2 aromatic carbocycles. The molecule has 0 unspecified atom stereocenters. The molecule has 0 aliphatic rings. The van der Waals surface area contributed by atoms with Crippen molar-refractivity contribution in [3.63, 3.8) is 0 Å². The van der Waals surface area contributed by atoms with E-state index in [1.165, 1.54) is 12.4 Å². The van der Waals surface area contributed by atoms with Crippen LogP contribution in [0.25, 0.3) is 10.8 Å². The Labute approximate surface area is 126 Å². The lowest BCUT2D eigenvalue weighted by Crippen LogP contribution is -2.23. The number of fused-ring (bicyclic) bond motifs is 1. The number of nitrogens with zero attached hydrogens (tertiary/aromatic N) is 2. The SMILES string of the molecule is O=C(CS(=O)(=O)c1ccc2ccccc2c1)Nc1ncn[nH]1. The number of aromatic amines is 1. The quantitative estimate of drug-likeness (QED) is 0.756. The summed E-state index contributed by atoms with van der Waals surface area (Å²) in [6, 6.07) is 12.2. The summed E-state index contributed by atoms with van der Waals surface area (Å²) in [6.07, 6.45) is 1.22. The zero-order valence-corrected chi connectivity index (χ0v) is 12.2. The van der Waals surface area contributed by atoms with Crippen LogP contribution in [0.3, 0.4) is 0 Å². The number of H-pyrrole nitrogens is 1. The van der Waals surface area contributed by atoms with Crippen LogP contribution in [0.15, 0.2) is 53.7 Å². The van der Waals surface area contributed by atoms with Gasteiger partial charge in [0.2, 0.25) is 11.9 Å². The number of benzene rings is 2. The molecule has 0 saturated carbocycles. The normalized spacial score (nSPS) is 11.5. The van der Waals surface area contributed by atoms with Gasteiger partial charge in [0.15, 0.2) is 9.84 Å². The van der Waals surface area contributed by atoms with Crippen LogP contribution in [0.4, 0.5) is 5.95 Å². The van der Waals surface area contributed by atoms with Crippen LogP contribution >= 0.6 is 0 Å². The van der Waals surface area contributed by atoms with Gasteiger partial charge in [0.25, 0.3) is 0 Å². The molecule has 3 aromatic rings. The lowest BCUT2D eigenvalue weighted by molar-refractivity contribution is -0.113. The molecule has 1 aromatic heterocycles. The second-order valence-corrected chi connectivity index (χ2v) is 6.64. The van der Waals surface area contributed by atoms with Crippen LogP contribution in [-0.2, 0) is 14.6 Å². The average Bonchev–Trinajstić information content (AvgIpc) is 2.99. The van der Waals surface area contributed by atoms with Crippen molar-refractivity contribution >= 4 is 32.5 Å². The topological polar surface area (TPSA) is 105 Å². The fourth-order valence-corrected chi connectivity index (χ4v) is 3.22. The molecule has 7 nitrogen and oxygen atoms in total. The summed E-state index contributed by atoms with van der Waals surface area (Å²) in [4.78, 5) is 15.6. The Kier molecular flexibility index (Phi) is 3.60. The van der Waals surface area contributed by atoms with Gasteiger partial charge in [-0.25, -0.2) is 13.5 Å². The first kappa shape index (κ1) is 14.2. The molecule has 0 aliphatic heterocycles. The van der Waals surface area contributed by atoms with Crippen molar-refractivity contribution in [3.8, 4) is 0 Å². The fraction of sp³-hybridized carbons (Fsp3) is 0.0714. The summed E-state index contributed by atoms with van der Waals surface area (Å²) in [5.74, 6) is -1.23. The van der Waals surface area contributed by atoms with Gasteiger partial charge < -0.3 is 0 Å². The maximum atomic E-state index is 12.3. The van der Waals surface area contributed by atoms with Crippen molar-refractivity contribution in [2.24, 2.45) is 0 Å². The first-order chi connectivity index (χ1) is 10.5. The number of hydrogen-bond donors (Lipinski definition) is 2. The fourth-order valence-electron chi connectivity index (χ4n) is 2.05. The molecule has 0 aliphatic carbocycles. The van der Waals surface area contributed by atoms with Crippen LogP contribution in [-0.4, -0.2) is 35.3 Å². The number of aromatic nitrogens is 3. The smallest absolute Gasteiger partial charge is 0.242 e. The first-order valence-corrected chi connectivity index (χ1v) is 8.07. The molecule has 0 atom stereocenters. The number of carbonyl (C=O) groups is 1. The molecule has 8 heteroatoms. The van der Waals surface area contributed by atoms with Crippen LogP contribution < -0.4 is 5.32 Å². The lowest BCUT2D eigenvalue weighted by atomic mass is 10.1. The zero-order chi connectivity index (χ0) is 15.6. The number of rotatable bonds is 4. The Morgan fingerprint density at radius 3 is 2.64 bits per heavy atom. The van der Waals surface area contributed by atoms with Crippen molar-refractivity contribution in [3.05, 3.63) is 48.8 Å². The minimum Gasteiger partial charge on any atom is -0.294 e. The van der Waals surface area contributed by atoms with Gasteiger partial charge in [-0.3, -0.25) is 10.1 Å². The van der Waals surface area contributed by atoms with E-state index in [0.29, 0.717) is 0 Å². The van der Waals surface area contributed by atoms with E-state index in [1.54, 1.807) is 12.1 Å². The molecule has 1 heterocycles. The summed E-state index contributed by atoms with van der Waals surface area (Å²) in [5, 5.41) is 10.1. The zero-order valence-electron chi connectivity index (χ0n) is 11.4. The predicted molar refractivity (Wildman–Crippen MR) is 81.0 cm³/mol. The lowest BCUT2D eigenvalue weighted by Gasteiger charge is -2.06. The van der Waals surface area contributed by atoms with Crippen molar-refractivity contribution in [2.75, 3.05) is 11.1 Å². The summed E-state index contributed by atoms with van der Waals surface area (Å²) in [5.41, 5.74) is 0. The third-order valence-electron chi connectivity index (χ3n) is 3.07. The number of sulfone groups is 1. The summed E-state index contributed by atoms with van der Waals surface area (Å²) in [7, 11) is -3.73. The number of anilines is 1. The van der Waals surface area contributed by atoms with Gasteiger partial charge in [-0.2, -0.15) is 10.1 Å². The van der Waals surface area contributed by atoms with E-state index in [1.807, 2.05) is 24.3 Å². The minimum absolute atomic E-state index is 0.110. The van der Waals surface area contributed by atoms with E-state index >= 15 is 0 Å². The second kappa shape index (κ2) is 5.57. The van der Waals surface area contributed by atoms with E-state index in [-0.39, 0.29) is 10.8 Å². The number of hydrogen-bond acceptors (Lipinski definition) is 5. The Bertz CT molecular complexity index is 920. The van der Waals surface area contributed by atoms with Crippen LogP contribution in [0.5, 0.6) is 0 Å². The number of nitrogens with one attached hydrogen (secondary N) is 2. The van der Waals surface area contributed by atoms with Gasteiger partial charge in [0, 0.05) is 0 Å². The van der Waals surface area contributed by atoms with E-state index in [9.17, 15) is 13.2 Å². The highest BCUT2D eigenvalue weighted by molar-refractivity contribution is 7.92. The number of carbonyl (C=O) groups excluding carboxylic acids is 1. The molecule has 3 rings (SSSR count).